The van der Waals surface area contributed by atoms with Gasteiger partial charge in [0.2, 0.25) is 15.9 Å². The highest BCUT2D eigenvalue weighted by Crippen LogP contribution is 2.31. The molecule has 0 radical (unpaired) electrons. The van der Waals surface area contributed by atoms with E-state index >= 15 is 0 Å². The SMILES string of the molecule is CCC(C)C(=O)N1CCN(S(=O)(=O)c2c(Cl)cccc2Cl)CC1. The monoisotopic (exact) mass is 378 g/mol. The van der Waals surface area contributed by atoms with Gasteiger partial charge in [0, 0.05) is 32.1 Å². The van der Waals surface area contributed by atoms with Gasteiger partial charge in [0.25, 0.3) is 0 Å². The lowest BCUT2D eigenvalue weighted by atomic mass is 10.1. The van der Waals surface area contributed by atoms with Gasteiger partial charge in [-0.1, -0.05) is 43.1 Å². The van der Waals surface area contributed by atoms with Gasteiger partial charge < -0.3 is 4.90 Å². The first kappa shape index (κ1) is 18.5. The average Bonchev–Trinajstić information content (AvgIpc) is 2.53. The van der Waals surface area contributed by atoms with E-state index in [0.717, 1.165) is 6.42 Å². The van der Waals surface area contributed by atoms with Crippen molar-refractivity contribution in [3.05, 3.63) is 28.2 Å². The number of hydrogen-bond donors (Lipinski definition) is 0. The first-order chi connectivity index (χ1) is 10.8. The molecule has 1 unspecified atom stereocenters. The Bertz CT molecular complexity index is 666. The lowest BCUT2D eigenvalue weighted by molar-refractivity contribution is -0.136. The largest absolute Gasteiger partial charge is 0.340 e. The molecule has 0 aliphatic carbocycles. The van der Waals surface area contributed by atoms with Crippen LogP contribution >= 0.6 is 23.2 Å². The minimum Gasteiger partial charge on any atom is -0.340 e. The highest BCUT2D eigenvalue weighted by Gasteiger charge is 2.33. The van der Waals surface area contributed by atoms with Crippen LogP contribution in [0.25, 0.3) is 0 Å². The van der Waals surface area contributed by atoms with Crippen LogP contribution < -0.4 is 0 Å². The van der Waals surface area contributed by atoms with E-state index in [2.05, 4.69) is 0 Å². The number of benzene rings is 1. The number of halogens is 2. The van der Waals surface area contributed by atoms with Crippen molar-refractivity contribution < 1.29 is 13.2 Å². The number of sulfonamides is 1. The molecular formula is C15H20Cl2N2O3S. The van der Waals surface area contributed by atoms with Crippen LogP contribution in [0.4, 0.5) is 0 Å². The zero-order valence-corrected chi connectivity index (χ0v) is 15.5. The zero-order chi connectivity index (χ0) is 17.2. The molecule has 23 heavy (non-hydrogen) atoms. The van der Waals surface area contributed by atoms with Crippen LogP contribution in [0.1, 0.15) is 20.3 Å². The van der Waals surface area contributed by atoms with E-state index in [1.807, 2.05) is 13.8 Å². The molecule has 1 amide bonds. The van der Waals surface area contributed by atoms with Crippen molar-refractivity contribution in [3.63, 3.8) is 0 Å². The summed E-state index contributed by atoms with van der Waals surface area (Å²) in [6.45, 7) is 5.09. The summed E-state index contributed by atoms with van der Waals surface area (Å²) in [5.74, 6) is 0.0245. The molecule has 128 valence electrons. The van der Waals surface area contributed by atoms with E-state index in [1.54, 1.807) is 11.0 Å². The molecule has 0 spiro atoms. The maximum atomic E-state index is 12.7. The number of amides is 1. The van der Waals surface area contributed by atoms with Gasteiger partial charge in [0.15, 0.2) is 0 Å². The second kappa shape index (κ2) is 7.38. The lowest BCUT2D eigenvalue weighted by Crippen LogP contribution is -2.51. The van der Waals surface area contributed by atoms with Gasteiger partial charge in [-0.05, 0) is 18.6 Å². The molecule has 0 aromatic heterocycles. The molecule has 5 nitrogen and oxygen atoms in total. The summed E-state index contributed by atoms with van der Waals surface area (Å²) in [6.07, 6.45) is 0.770. The number of carbonyl (C=O) groups is 1. The topological polar surface area (TPSA) is 57.7 Å². The molecule has 1 aliphatic rings. The molecule has 1 saturated heterocycles. The molecule has 1 aromatic carbocycles. The third-order valence-corrected chi connectivity index (χ3v) is 6.96. The van der Waals surface area contributed by atoms with Gasteiger partial charge in [-0.25, -0.2) is 8.42 Å². The third-order valence-electron chi connectivity index (χ3n) is 4.10. The summed E-state index contributed by atoms with van der Waals surface area (Å²) in [7, 11) is -3.77. The summed E-state index contributed by atoms with van der Waals surface area (Å²) >= 11 is 12.0. The molecule has 1 heterocycles. The first-order valence-electron chi connectivity index (χ1n) is 7.52. The van der Waals surface area contributed by atoms with Crippen molar-refractivity contribution in [3.8, 4) is 0 Å². The average molecular weight is 379 g/mol. The smallest absolute Gasteiger partial charge is 0.246 e. The van der Waals surface area contributed by atoms with Crippen LogP contribution in [0.5, 0.6) is 0 Å². The van der Waals surface area contributed by atoms with E-state index < -0.39 is 10.0 Å². The fourth-order valence-electron chi connectivity index (χ4n) is 2.49. The van der Waals surface area contributed by atoms with E-state index in [9.17, 15) is 13.2 Å². The lowest BCUT2D eigenvalue weighted by Gasteiger charge is -2.35. The van der Waals surface area contributed by atoms with Crippen LogP contribution in [0.2, 0.25) is 10.0 Å². The summed E-state index contributed by atoms with van der Waals surface area (Å²) in [6, 6.07) is 4.61. The van der Waals surface area contributed by atoms with Gasteiger partial charge in [0.05, 0.1) is 10.0 Å². The molecule has 0 bridgehead atoms. The molecule has 1 atom stereocenters. The summed E-state index contributed by atoms with van der Waals surface area (Å²) in [4.78, 5) is 13.8. The van der Waals surface area contributed by atoms with Crippen LogP contribution in [0, 0.1) is 5.92 Å². The second-order valence-electron chi connectivity index (χ2n) is 5.59. The molecule has 2 rings (SSSR count). The summed E-state index contributed by atoms with van der Waals surface area (Å²) in [5.41, 5.74) is 0. The number of nitrogens with zero attached hydrogens (tertiary/aromatic N) is 2. The first-order valence-corrected chi connectivity index (χ1v) is 9.71. The molecule has 1 fully saturated rings. The maximum Gasteiger partial charge on any atom is 0.246 e. The van der Waals surface area contributed by atoms with E-state index in [-0.39, 0.29) is 39.9 Å². The Hall–Kier alpha value is -0.820. The Kier molecular flexibility index (Phi) is 5.94. The third kappa shape index (κ3) is 3.82. The van der Waals surface area contributed by atoms with E-state index in [0.29, 0.717) is 13.1 Å². The van der Waals surface area contributed by atoms with Crippen molar-refractivity contribution in [2.24, 2.45) is 5.92 Å². The molecule has 0 N–H and O–H groups in total. The van der Waals surface area contributed by atoms with E-state index in [4.69, 9.17) is 23.2 Å². The molecule has 1 aliphatic heterocycles. The Morgan fingerprint density at radius 1 is 1.17 bits per heavy atom. The Morgan fingerprint density at radius 3 is 2.17 bits per heavy atom. The number of carbonyl (C=O) groups excluding carboxylic acids is 1. The Balaban J connectivity index is 2.15. The maximum absolute atomic E-state index is 12.7. The van der Waals surface area contributed by atoms with Crippen molar-refractivity contribution in [2.75, 3.05) is 26.2 Å². The summed E-state index contributed by atoms with van der Waals surface area (Å²) < 4.78 is 26.8. The molecule has 1 aromatic rings. The fraction of sp³-hybridized carbons (Fsp3) is 0.533. The van der Waals surface area contributed by atoms with Gasteiger partial charge in [-0.2, -0.15) is 4.31 Å². The minimum absolute atomic E-state index is 0.0452. The van der Waals surface area contributed by atoms with Crippen LogP contribution in [0.3, 0.4) is 0 Å². The minimum atomic E-state index is -3.77. The zero-order valence-electron chi connectivity index (χ0n) is 13.1. The van der Waals surface area contributed by atoms with Crippen LogP contribution in [-0.2, 0) is 14.8 Å². The predicted molar refractivity (Wildman–Crippen MR) is 91.3 cm³/mol. The van der Waals surface area contributed by atoms with Crippen molar-refractivity contribution in [1.29, 1.82) is 0 Å². The highest BCUT2D eigenvalue weighted by molar-refractivity contribution is 7.89. The van der Waals surface area contributed by atoms with Crippen molar-refractivity contribution in [1.82, 2.24) is 9.21 Å². The number of hydrogen-bond acceptors (Lipinski definition) is 3. The van der Waals surface area contributed by atoms with E-state index in [1.165, 1.54) is 16.4 Å². The molecular weight excluding hydrogens is 359 g/mol. The molecule has 0 saturated carbocycles. The van der Waals surface area contributed by atoms with Gasteiger partial charge >= 0.3 is 0 Å². The highest BCUT2D eigenvalue weighted by atomic mass is 35.5. The van der Waals surface area contributed by atoms with Gasteiger partial charge in [-0.15, -0.1) is 0 Å². The predicted octanol–water partition coefficient (Wildman–Crippen LogP) is 2.87. The normalized spacial score (nSPS) is 18.0. The van der Waals surface area contributed by atoms with Crippen molar-refractivity contribution in [2.45, 2.75) is 25.2 Å². The fourth-order valence-corrected chi connectivity index (χ4v) is 5.01. The Morgan fingerprint density at radius 2 is 1.70 bits per heavy atom. The van der Waals surface area contributed by atoms with Crippen molar-refractivity contribution >= 4 is 39.1 Å². The van der Waals surface area contributed by atoms with Gasteiger partial charge in [-0.3, -0.25) is 4.79 Å². The quantitative estimate of drug-likeness (QED) is 0.808. The van der Waals surface area contributed by atoms with Crippen LogP contribution in [0.15, 0.2) is 23.1 Å². The van der Waals surface area contributed by atoms with Gasteiger partial charge in [0.1, 0.15) is 4.90 Å². The molecule has 8 heteroatoms. The summed E-state index contributed by atoms with van der Waals surface area (Å²) in [5, 5.41) is 0.214. The number of rotatable bonds is 4. The Labute approximate surface area is 147 Å². The van der Waals surface area contributed by atoms with Crippen LogP contribution in [-0.4, -0.2) is 49.7 Å². The second-order valence-corrected chi connectivity index (χ2v) is 8.28. The standard InChI is InChI=1S/C15H20Cl2N2O3S/c1-3-11(2)15(20)18-7-9-19(10-8-18)23(21,22)14-12(16)5-4-6-13(14)17/h4-6,11H,3,7-10H2,1-2H3. The number of piperazine rings is 1.